The molecule has 0 aromatic carbocycles. The smallest absolute Gasteiger partial charge is 0.00793 e. The number of hydrogen-bond acceptors (Lipinski definition) is 2. The molecule has 0 bridgehead atoms. The molecule has 0 aromatic heterocycles. The Morgan fingerprint density at radius 2 is 1.35 bits per heavy atom. The van der Waals surface area contributed by atoms with Crippen molar-refractivity contribution in [2.45, 2.75) is 110 Å². The zero-order valence-corrected chi connectivity index (χ0v) is 16.2. The van der Waals surface area contributed by atoms with Crippen LogP contribution >= 0.6 is 0 Å². The summed E-state index contributed by atoms with van der Waals surface area (Å²) in [6.07, 6.45) is 20.0. The molecule has 1 aliphatic carbocycles. The van der Waals surface area contributed by atoms with E-state index in [0.29, 0.717) is 6.04 Å². The molecule has 0 radical (unpaired) electrons. The van der Waals surface area contributed by atoms with Crippen LogP contribution in [0.15, 0.2) is 0 Å². The second kappa shape index (κ2) is 15.4. The molecular formula is C21H44N2. The summed E-state index contributed by atoms with van der Waals surface area (Å²) in [5, 5.41) is 7.33. The number of hydrogen-bond donors (Lipinski definition) is 2. The van der Waals surface area contributed by atoms with Gasteiger partial charge in [-0.1, -0.05) is 77.6 Å². The molecule has 1 fully saturated rings. The molecular weight excluding hydrogens is 280 g/mol. The van der Waals surface area contributed by atoms with Gasteiger partial charge in [0.25, 0.3) is 0 Å². The van der Waals surface area contributed by atoms with Crippen LogP contribution in [-0.4, -0.2) is 25.7 Å². The Morgan fingerprint density at radius 1 is 0.739 bits per heavy atom. The molecule has 1 saturated carbocycles. The van der Waals surface area contributed by atoms with Gasteiger partial charge < -0.3 is 10.6 Å². The van der Waals surface area contributed by atoms with Gasteiger partial charge in [-0.3, -0.25) is 0 Å². The molecule has 23 heavy (non-hydrogen) atoms. The first-order chi connectivity index (χ1) is 11.3. The third-order valence-corrected chi connectivity index (χ3v) is 5.58. The van der Waals surface area contributed by atoms with Crippen LogP contribution in [0, 0.1) is 5.92 Å². The summed E-state index contributed by atoms with van der Waals surface area (Å²) in [4.78, 5) is 0. The summed E-state index contributed by atoms with van der Waals surface area (Å²) in [7, 11) is 0. The van der Waals surface area contributed by atoms with Crippen molar-refractivity contribution in [2.75, 3.05) is 19.6 Å². The summed E-state index contributed by atoms with van der Waals surface area (Å²) < 4.78 is 0. The van der Waals surface area contributed by atoms with Gasteiger partial charge in [-0.15, -0.1) is 0 Å². The summed E-state index contributed by atoms with van der Waals surface area (Å²) in [6, 6.07) is 0.713. The minimum Gasteiger partial charge on any atom is -0.315 e. The monoisotopic (exact) mass is 324 g/mol. The molecule has 138 valence electrons. The van der Waals surface area contributed by atoms with Crippen molar-refractivity contribution in [1.82, 2.24) is 10.6 Å². The standard InChI is InChI=1S/C21H44N2/c1-3-4-5-6-7-8-9-10-14-17-22-18-19-23-20(2)21-15-12-11-13-16-21/h20-23H,3-19H2,1-2H3/t20-/m0/s1. The molecule has 1 atom stereocenters. The molecule has 0 heterocycles. The first-order valence-corrected chi connectivity index (χ1v) is 10.8. The molecule has 0 spiro atoms. The first-order valence-electron chi connectivity index (χ1n) is 10.8. The van der Waals surface area contributed by atoms with Crippen molar-refractivity contribution in [3.8, 4) is 0 Å². The first kappa shape index (κ1) is 21.0. The van der Waals surface area contributed by atoms with Gasteiger partial charge in [0.05, 0.1) is 0 Å². The van der Waals surface area contributed by atoms with E-state index in [-0.39, 0.29) is 0 Å². The van der Waals surface area contributed by atoms with Crippen LogP contribution in [0.5, 0.6) is 0 Å². The van der Waals surface area contributed by atoms with Crippen molar-refractivity contribution in [3.63, 3.8) is 0 Å². The Kier molecular flexibility index (Phi) is 14.1. The maximum Gasteiger partial charge on any atom is 0.00793 e. The van der Waals surface area contributed by atoms with Gasteiger partial charge in [-0.2, -0.15) is 0 Å². The summed E-state index contributed by atoms with van der Waals surface area (Å²) in [5.41, 5.74) is 0. The number of unbranched alkanes of at least 4 members (excludes halogenated alkanes) is 8. The third-order valence-electron chi connectivity index (χ3n) is 5.58. The van der Waals surface area contributed by atoms with Gasteiger partial charge >= 0.3 is 0 Å². The summed E-state index contributed by atoms with van der Waals surface area (Å²) >= 11 is 0. The predicted molar refractivity (Wildman–Crippen MR) is 104 cm³/mol. The largest absolute Gasteiger partial charge is 0.315 e. The second-order valence-corrected chi connectivity index (χ2v) is 7.72. The fourth-order valence-corrected chi connectivity index (χ4v) is 3.87. The lowest BCUT2D eigenvalue weighted by atomic mass is 9.84. The fraction of sp³-hybridized carbons (Fsp3) is 1.00. The van der Waals surface area contributed by atoms with E-state index in [4.69, 9.17) is 0 Å². The highest BCUT2D eigenvalue weighted by molar-refractivity contribution is 4.75. The van der Waals surface area contributed by atoms with Crippen molar-refractivity contribution in [2.24, 2.45) is 5.92 Å². The van der Waals surface area contributed by atoms with Gasteiger partial charge in [0.1, 0.15) is 0 Å². The van der Waals surface area contributed by atoms with E-state index in [1.807, 2.05) is 0 Å². The van der Waals surface area contributed by atoms with Crippen LogP contribution in [0.4, 0.5) is 0 Å². The Balaban J connectivity index is 1.76. The van der Waals surface area contributed by atoms with Crippen molar-refractivity contribution in [1.29, 1.82) is 0 Å². The average molecular weight is 325 g/mol. The molecule has 2 N–H and O–H groups in total. The van der Waals surface area contributed by atoms with E-state index in [2.05, 4.69) is 24.5 Å². The van der Waals surface area contributed by atoms with E-state index in [1.54, 1.807) is 0 Å². The van der Waals surface area contributed by atoms with Crippen molar-refractivity contribution in [3.05, 3.63) is 0 Å². The zero-order chi connectivity index (χ0) is 16.6. The molecule has 0 aromatic rings. The Bertz CT molecular complexity index is 236. The van der Waals surface area contributed by atoms with E-state index in [1.165, 1.54) is 96.4 Å². The summed E-state index contributed by atoms with van der Waals surface area (Å²) in [5.74, 6) is 0.932. The van der Waals surface area contributed by atoms with Crippen LogP contribution in [0.1, 0.15) is 104 Å². The normalized spacial score (nSPS) is 17.5. The van der Waals surface area contributed by atoms with E-state index < -0.39 is 0 Å². The van der Waals surface area contributed by atoms with E-state index >= 15 is 0 Å². The molecule has 0 aliphatic heterocycles. The second-order valence-electron chi connectivity index (χ2n) is 7.72. The highest BCUT2D eigenvalue weighted by atomic mass is 15.0. The van der Waals surface area contributed by atoms with Crippen LogP contribution in [0.3, 0.4) is 0 Å². The van der Waals surface area contributed by atoms with Crippen molar-refractivity contribution < 1.29 is 0 Å². The minimum atomic E-state index is 0.713. The third kappa shape index (κ3) is 12.0. The fourth-order valence-electron chi connectivity index (χ4n) is 3.87. The highest BCUT2D eigenvalue weighted by Gasteiger charge is 2.18. The maximum atomic E-state index is 3.73. The molecule has 0 saturated heterocycles. The van der Waals surface area contributed by atoms with Gasteiger partial charge in [0.2, 0.25) is 0 Å². The SMILES string of the molecule is CCCCCCCCCCCNCCN[C@@H](C)C1CCCCC1. The van der Waals surface area contributed by atoms with E-state index in [0.717, 1.165) is 19.0 Å². The Morgan fingerprint density at radius 3 is 2.00 bits per heavy atom. The molecule has 2 nitrogen and oxygen atoms in total. The molecule has 1 aliphatic rings. The van der Waals surface area contributed by atoms with Crippen LogP contribution < -0.4 is 10.6 Å². The highest BCUT2D eigenvalue weighted by Crippen LogP contribution is 2.26. The molecule has 0 amide bonds. The van der Waals surface area contributed by atoms with Crippen LogP contribution in [0.25, 0.3) is 0 Å². The van der Waals surface area contributed by atoms with Gasteiger partial charge in [-0.05, 0) is 38.6 Å². The molecule has 1 rings (SSSR count). The maximum absolute atomic E-state index is 3.73. The predicted octanol–water partition coefficient (Wildman–Crippen LogP) is 5.67. The molecule has 2 heteroatoms. The minimum absolute atomic E-state index is 0.713. The topological polar surface area (TPSA) is 24.1 Å². The Labute approximate surface area is 146 Å². The quantitative estimate of drug-likeness (QED) is 0.379. The van der Waals surface area contributed by atoms with Gasteiger partial charge in [0, 0.05) is 19.1 Å². The van der Waals surface area contributed by atoms with Gasteiger partial charge in [-0.25, -0.2) is 0 Å². The number of nitrogens with one attached hydrogen (secondary N) is 2. The van der Waals surface area contributed by atoms with Crippen LogP contribution in [-0.2, 0) is 0 Å². The lowest BCUT2D eigenvalue weighted by molar-refractivity contribution is 0.282. The van der Waals surface area contributed by atoms with Crippen molar-refractivity contribution >= 4 is 0 Å². The lowest BCUT2D eigenvalue weighted by Gasteiger charge is -2.28. The summed E-state index contributed by atoms with van der Waals surface area (Å²) in [6.45, 7) is 8.15. The van der Waals surface area contributed by atoms with Gasteiger partial charge in [0.15, 0.2) is 0 Å². The average Bonchev–Trinajstić information content (AvgIpc) is 2.59. The van der Waals surface area contributed by atoms with Crippen LogP contribution in [0.2, 0.25) is 0 Å². The molecule has 0 unspecified atom stereocenters. The zero-order valence-electron chi connectivity index (χ0n) is 16.2. The lowest BCUT2D eigenvalue weighted by Crippen LogP contribution is -2.38. The Hall–Kier alpha value is -0.0800. The number of rotatable bonds is 15. The van der Waals surface area contributed by atoms with E-state index in [9.17, 15) is 0 Å².